The molecule has 0 amide bonds. The molecule has 4 aliphatic rings. The summed E-state index contributed by atoms with van der Waals surface area (Å²) >= 11 is 0. The third kappa shape index (κ3) is 5.83. The smallest absolute Gasteiger partial charge is 0.0618 e. The fourth-order valence-corrected chi connectivity index (χ4v) is 9.80. The highest BCUT2D eigenvalue weighted by atomic mass is 15.1. The normalized spacial score (nSPS) is 18.5. The Bertz CT molecular complexity index is 2790. The second-order valence-corrected chi connectivity index (χ2v) is 17.7. The molecule has 6 aromatic rings. The van der Waals surface area contributed by atoms with E-state index in [2.05, 4.69) is 211 Å². The van der Waals surface area contributed by atoms with Gasteiger partial charge in [0.25, 0.3) is 0 Å². The molecule has 10 rings (SSSR count). The summed E-state index contributed by atoms with van der Waals surface area (Å²) in [7, 11) is 0. The summed E-state index contributed by atoms with van der Waals surface area (Å²) in [5.74, 6) is 0.669. The van der Waals surface area contributed by atoms with Crippen molar-refractivity contribution in [2.45, 2.75) is 48.5 Å². The summed E-state index contributed by atoms with van der Waals surface area (Å²) in [5.41, 5.74) is 21.1. The van der Waals surface area contributed by atoms with E-state index in [-0.39, 0.29) is 5.41 Å². The van der Waals surface area contributed by atoms with Crippen LogP contribution in [0, 0.1) is 38.0 Å². The quantitative estimate of drug-likeness (QED) is 0.159. The van der Waals surface area contributed by atoms with E-state index in [0.717, 1.165) is 11.4 Å². The van der Waals surface area contributed by atoms with Gasteiger partial charge in [-0.1, -0.05) is 159 Å². The summed E-state index contributed by atoms with van der Waals surface area (Å²) in [6, 6.07) is 43.2. The summed E-state index contributed by atoms with van der Waals surface area (Å²) in [6.07, 6.45) is 17.0. The van der Waals surface area contributed by atoms with Crippen LogP contribution in [0.25, 0.3) is 38.2 Å². The molecular weight excluding hydrogens is 687 g/mol. The van der Waals surface area contributed by atoms with Gasteiger partial charge in [0, 0.05) is 34.0 Å². The molecule has 278 valence electrons. The Labute approximate surface area is 338 Å². The third-order valence-corrected chi connectivity index (χ3v) is 12.7. The van der Waals surface area contributed by atoms with Gasteiger partial charge in [0.1, 0.15) is 0 Å². The van der Waals surface area contributed by atoms with Crippen LogP contribution in [-0.4, -0.2) is 0 Å². The molecule has 0 N–H and O–H groups in total. The molecule has 4 aliphatic carbocycles. The van der Waals surface area contributed by atoms with Gasteiger partial charge < -0.3 is 4.90 Å². The number of aryl methyl sites for hydroxylation is 3. The molecule has 2 atom stereocenters. The van der Waals surface area contributed by atoms with Crippen molar-refractivity contribution in [3.8, 4) is 11.1 Å². The first-order valence-electron chi connectivity index (χ1n) is 20.5. The number of fused-ring (bicyclic) bond motifs is 2. The van der Waals surface area contributed by atoms with Crippen molar-refractivity contribution < 1.29 is 0 Å². The molecular formula is C56H49N. The second-order valence-electron chi connectivity index (χ2n) is 17.7. The molecule has 1 heteroatoms. The topological polar surface area (TPSA) is 3.24 Å². The first kappa shape index (κ1) is 35.2. The Morgan fingerprint density at radius 1 is 0.509 bits per heavy atom. The summed E-state index contributed by atoms with van der Waals surface area (Å²) < 4.78 is 0. The number of benzene rings is 6. The summed E-state index contributed by atoms with van der Waals surface area (Å²) in [6.45, 7) is 15.9. The predicted octanol–water partition coefficient (Wildman–Crippen LogP) is 15.3. The van der Waals surface area contributed by atoms with E-state index in [1.54, 1.807) is 0 Å². The zero-order valence-corrected chi connectivity index (χ0v) is 34.1. The average molecular weight is 736 g/mol. The van der Waals surface area contributed by atoms with Gasteiger partial charge >= 0.3 is 0 Å². The maximum absolute atomic E-state index is 2.47. The highest BCUT2D eigenvalue weighted by Gasteiger charge is 2.41. The maximum atomic E-state index is 2.47. The molecule has 0 aliphatic heterocycles. The molecule has 0 saturated heterocycles. The van der Waals surface area contributed by atoms with Gasteiger partial charge in [-0.3, -0.25) is 0 Å². The van der Waals surface area contributed by atoms with Crippen LogP contribution in [0.3, 0.4) is 0 Å². The predicted molar refractivity (Wildman–Crippen MR) is 244 cm³/mol. The Balaban J connectivity index is 1.19. The Hall–Kier alpha value is -6.18. The SMILES string of the molecule is CC1=CC(c2cc(C)cc(-c3c4ccccc4c(N(c4ccc(C)cc4)c4ccc(C)cc4)c4ccccc34)c2)=C2C=CC3=CC(C(C)(C)C)=CC4=CC=C1C2C43. The lowest BCUT2D eigenvalue weighted by Crippen LogP contribution is -2.31. The fraction of sp³-hybridized carbons (Fsp3) is 0.179. The lowest BCUT2D eigenvalue weighted by atomic mass is 9.60. The van der Waals surface area contributed by atoms with Crippen LogP contribution in [-0.2, 0) is 0 Å². The van der Waals surface area contributed by atoms with Gasteiger partial charge in [-0.05, 0) is 135 Å². The monoisotopic (exact) mass is 735 g/mol. The molecule has 0 spiro atoms. The van der Waals surface area contributed by atoms with E-state index >= 15 is 0 Å². The molecule has 57 heavy (non-hydrogen) atoms. The van der Waals surface area contributed by atoms with E-state index in [1.165, 1.54) is 99.6 Å². The van der Waals surface area contributed by atoms with Gasteiger partial charge in [-0.25, -0.2) is 0 Å². The molecule has 1 nitrogen and oxygen atoms in total. The molecule has 0 bridgehead atoms. The first-order chi connectivity index (χ1) is 27.5. The van der Waals surface area contributed by atoms with E-state index in [9.17, 15) is 0 Å². The average Bonchev–Trinajstić information content (AvgIpc) is 3.20. The standard InChI is InChI=1S/C56H49N/c1-34-16-22-43(23-17-34)57(44-24-18-35(2)19-25-44)55-49-14-10-8-12-46(49)53(47-13-9-11-15-50(47)55)41-29-36(3)28-40(31-41)51-30-37(4)45-26-20-38-32-42(56(5,6)7)33-39-21-27-48(51)54(45)52(38)39/h8-33,52,54H,1-7H3. The molecule has 0 heterocycles. The van der Waals surface area contributed by atoms with Crippen LogP contribution in [0.4, 0.5) is 17.1 Å². The Kier molecular flexibility index (Phi) is 8.17. The number of allylic oxidation sites excluding steroid dienone is 14. The van der Waals surface area contributed by atoms with Gasteiger partial charge in [0.2, 0.25) is 0 Å². The number of anilines is 3. The van der Waals surface area contributed by atoms with E-state index in [4.69, 9.17) is 0 Å². The van der Waals surface area contributed by atoms with Crippen LogP contribution in [0.15, 0.2) is 191 Å². The summed E-state index contributed by atoms with van der Waals surface area (Å²) in [4.78, 5) is 2.46. The number of hydrogen-bond acceptors (Lipinski definition) is 1. The van der Waals surface area contributed by atoms with Crippen molar-refractivity contribution in [2.75, 3.05) is 4.90 Å². The molecule has 0 radical (unpaired) electrons. The van der Waals surface area contributed by atoms with Crippen molar-refractivity contribution in [2.24, 2.45) is 17.3 Å². The van der Waals surface area contributed by atoms with Gasteiger partial charge in [0.05, 0.1) is 5.69 Å². The zero-order chi connectivity index (χ0) is 39.2. The molecule has 0 saturated carbocycles. The van der Waals surface area contributed by atoms with Crippen LogP contribution < -0.4 is 4.90 Å². The zero-order valence-electron chi connectivity index (χ0n) is 34.1. The van der Waals surface area contributed by atoms with E-state index in [1.807, 2.05) is 0 Å². The first-order valence-corrected chi connectivity index (χ1v) is 20.5. The minimum Gasteiger partial charge on any atom is -0.309 e. The third-order valence-electron chi connectivity index (χ3n) is 12.7. The number of rotatable bonds is 5. The second kappa shape index (κ2) is 13.2. The largest absolute Gasteiger partial charge is 0.309 e. The molecule has 0 fully saturated rings. The van der Waals surface area contributed by atoms with Crippen molar-refractivity contribution in [1.82, 2.24) is 0 Å². The Morgan fingerprint density at radius 2 is 1.09 bits per heavy atom. The van der Waals surface area contributed by atoms with Crippen molar-refractivity contribution in [3.05, 3.63) is 213 Å². The Morgan fingerprint density at radius 3 is 1.68 bits per heavy atom. The van der Waals surface area contributed by atoms with Crippen molar-refractivity contribution in [1.29, 1.82) is 0 Å². The van der Waals surface area contributed by atoms with Crippen LogP contribution >= 0.6 is 0 Å². The van der Waals surface area contributed by atoms with Gasteiger partial charge in [-0.15, -0.1) is 0 Å². The lowest BCUT2D eigenvalue weighted by molar-refractivity contribution is 0.499. The highest BCUT2D eigenvalue weighted by Crippen LogP contribution is 2.55. The van der Waals surface area contributed by atoms with E-state index in [0.29, 0.717) is 11.8 Å². The molecule has 6 aromatic carbocycles. The summed E-state index contributed by atoms with van der Waals surface area (Å²) in [5, 5.41) is 4.97. The van der Waals surface area contributed by atoms with Crippen LogP contribution in [0.2, 0.25) is 0 Å². The lowest BCUT2D eigenvalue weighted by Gasteiger charge is -2.43. The molecule has 2 unspecified atom stereocenters. The minimum atomic E-state index is 0.102. The maximum Gasteiger partial charge on any atom is 0.0618 e. The number of hydrogen-bond donors (Lipinski definition) is 0. The minimum absolute atomic E-state index is 0.102. The van der Waals surface area contributed by atoms with E-state index < -0.39 is 0 Å². The van der Waals surface area contributed by atoms with Crippen molar-refractivity contribution in [3.63, 3.8) is 0 Å². The highest BCUT2D eigenvalue weighted by molar-refractivity contribution is 6.22. The fourth-order valence-electron chi connectivity index (χ4n) is 9.80. The van der Waals surface area contributed by atoms with Crippen molar-refractivity contribution >= 4 is 44.2 Å². The number of nitrogens with zero attached hydrogens (tertiary/aromatic N) is 1. The molecule has 0 aromatic heterocycles. The van der Waals surface area contributed by atoms with Crippen LogP contribution in [0.1, 0.15) is 49.9 Å². The van der Waals surface area contributed by atoms with Gasteiger partial charge in [-0.2, -0.15) is 0 Å². The van der Waals surface area contributed by atoms with Crippen LogP contribution in [0.5, 0.6) is 0 Å². The van der Waals surface area contributed by atoms with Gasteiger partial charge in [0.15, 0.2) is 0 Å².